The fraction of sp³-hybridized carbons (Fsp3) is 0.800. The zero-order chi connectivity index (χ0) is 24.0. The summed E-state index contributed by atoms with van der Waals surface area (Å²) in [6.07, 6.45) is -31.2. The van der Waals surface area contributed by atoms with Gasteiger partial charge in [0, 0.05) is 17.9 Å². The highest BCUT2D eigenvalue weighted by molar-refractivity contribution is 5.81. The Morgan fingerprint density at radius 3 is 1.33 bits per heavy atom. The van der Waals surface area contributed by atoms with Gasteiger partial charge in [-0.2, -0.15) is 52.7 Å². The number of carbonyl (C=O) groups excluding carboxylic acids is 1. The molecule has 0 radical (unpaired) electrons. The Morgan fingerprint density at radius 2 is 1.07 bits per heavy atom. The van der Waals surface area contributed by atoms with Gasteiger partial charge in [0.25, 0.3) is 5.60 Å². The lowest BCUT2D eigenvalue weighted by atomic mass is 9.67. The summed E-state index contributed by atoms with van der Waals surface area (Å²) in [5, 5.41) is 9.31. The summed E-state index contributed by atoms with van der Waals surface area (Å²) in [5.41, 5.74) is -10.5. The molecule has 0 aromatic carbocycles. The lowest BCUT2D eigenvalue weighted by molar-refractivity contribution is -0.398. The molecule has 1 fully saturated rings. The second-order valence-corrected chi connectivity index (χ2v) is 6.67. The van der Waals surface area contributed by atoms with Gasteiger partial charge in [0.15, 0.2) is 0 Å². The average molecular weight is 470 g/mol. The molecule has 0 unspecified atom stereocenters. The van der Waals surface area contributed by atoms with Crippen LogP contribution in [0.2, 0.25) is 0 Å². The van der Waals surface area contributed by atoms with Crippen LogP contribution in [0.15, 0.2) is 12.7 Å². The van der Waals surface area contributed by atoms with E-state index >= 15 is 0 Å². The standard InChI is InChI=1S/C15H14F12O3/c1-2-9(28)30-11(14(22,23)24,15(25,26)27)8-5-3-7(4-6-8)10(29,12(16,17)18)13(19,20)21/h2,7-8,29H,1,3-6H2. The maximum Gasteiger partial charge on any atom is 0.437 e. The molecule has 15 heteroatoms. The monoisotopic (exact) mass is 470 g/mol. The van der Waals surface area contributed by atoms with Crippen molar-refractivity contribution >= 4 is 5.97 Å². The minimum atomic E-state index is -6.30. The fourth-order valence-electron chi connectivity index (χ4n) is 3.56. The molecular weight excluding hydrogens is 456 g/mol. The fourth-order valence-corrected chi connectivity index (χ4v) is 3.56. The number of esters is 1. The molecule has 1 aliphatic rings. The lowest BCUT2D eigenvalue weighted by Crippen LogP contribution is -2.66. The van der Waals surface area contributed by atoms with Gasteiger partial charge < -0.3 is 9.84 Å². The van der Waals surface area contributed by atoms with Gasteiger partial charge in [-0.25, -0.2) is 4.79 Å². The summed E-state index contributed by atoms with van der Waals surface area (Å²) in [6.45, 7) is 2.66. The third kappa shape index (κ3) is 4.21. The van der Waals surface area contributed by atoms with E-state index in [1.165, 1.54) is 0 Å². The summed E-state index contributed by atoms with van der Waals surface area (Å²) in [6, 6.07) is 0. The molecule has 0 atom stereocenters. The van der Waals surface area contributed by atoms with Crippen LogP contribution in [0.4, 0.5) is 52.7 Å². The molecule has 1 aliphatic carbocycles. The zero-order valence-electron chi connectivity index (χ0n) is 14.6. The van der Waals surface area contributed by atoms with Crippen LogP contribution in [-0.2, 0) is 9.53 Å². The minimum absolute atomic E-state index is 0.0100. The van der Waals surface area contributed by atoms with Crippen LogP contribution in [0.3, 0.4) is 0 Å². The van der Waals surface area contributed by atoms with Crippen LogP contribution in [0.1, 0.15) is 25.7 Å². The molecule has 0 heterocycles. The SMILES string of the molecule is C=CC(=O)OC(C1CCC(C(O)(C(F)(F)F)C(F)(F)F)CC1)(C(F)(F)F)C(F)(F)F. The third-order valence-corrected chi connectivity index (χ3v) is 5.03. The van der Waals surface area contributed by atoms with Crippen LogP contribution in [0, 0.1) is 11.8 Å². The predicted molar refractivity (Wildman–Crippen MR) is 73.6 cm³/mol. The van der Waals surface area contributed by atoms with Crippen LogP contribution < -0.4 is 0 Å². The highest BCUT2D eigenvalue weighted by Crippen LogP contribution is 2.58. The normalized spacial score (nSPS) is 22.6. The van der Waals surface area contributed by atoms with E-state index < -0.39 is 79.4 Å². The molecule has 1 N–H and O–H groups in total. The van der Waals surface area contributed by atoms with Crippen molar-refractivity contribution in [3.63, 3.8) is 0 Å². The van der Waals surface area contributed by atoms with Gasteiger partial charge in [0.1, 0.15) is 0 Å². The maximum absolute atomic E-state index is 13.4. The molecule has 1 saturated carbocycles. The molecule has 0 spiro atoms. The van der Waals surface area contributed by atoms with Crippen LogP contribution >= 0.6 is 0 Å². The van der Waals surface area contributed by atoms with E-state index in [1.54, 1.807) is 0 Å². The maximum atomic E-state index is 13.4. The van der Waals surface area contributed by atoms with Crippen molar-refractivity contribution in [2.24, 2.45) is 11.8 Å². The molecule has 0 aromatic rings. The number of aliphatic hydroxyl groups is 1. The number of rotatable bonds is 4. The summed E-state index contributed by atoms with van der Waals surface area (Å²) >= 11 is 0. The van der Waals surface area contributed by atoms with Crippen molar-refractivity contribution < 1.29 is 67.3 Å². The highest BCUT2D eigenvalue weighted by atomic mass is 19.4. The van der Waals surface area contributed by atoms with E-state index in [-0.39, 0.29) is 6.08 Å². The molecule has 176 valence electrons. The van der Waals surface area contributed by atoms with Crippen LogP contribution in [0.5, 0.6) is 0 Å². The Bertz CT molecular complexity index is 607. The van der Waals surface area contributed by atoms with E-state index in [2.05, 4.69) is 11.3 Å². The van der Waals surface area contributed by atoms with Gasteiger partial charge in [0.2, 0.25) is 0 Å². The lowest BCUT2D eigenvalue weighted by Gasteiger charge is -2.47. The van der Waals surface area contributed by atoms with Crippen LogP contribution in [0.25, 0.3) is 0 Å². The van der Waals surface area contributed by atoms with Crippen LogP contribution in [-0.4, -0.2) is 47.0 Å². The Morgan fingerprint density at radius 1 is 0.733 bits per heavy atom. The number of carbonyl (C=O) groups is 1. The third-order valence-electron chi connectivity index (χ3n) is 5.03. The van der Waals surface area contributed by atoms with Gasteiger partial charge >= 0.3 is 36.3 Å². The number of halogens is 12. The molecule has 0 aliphatic heterocycles. The summed E-state index contributed by atoms with van der Waals surface area (Å²) in [7, 11) is 0. The summed E-state index contributed by atoms with van der Waals surface area (Å²) in [5.74, 6) is -7.65. The van der Waals surface area contributed by atoms with Crippen molar-refractivity contribution in [1.82, 2.24) is 0 Å². The molecule has 30 heavy (non-hydrogen) atoms. The first-order valence-corrected chi connectivity index (χ1v) is 8.01. The molecule has 0 aromatic heterocycles. The van der Waals surface area contributed by atoms with Crippen molar-refractivity contribution in [3.05, 3.63) is 12.7 Å². The summed E-state index contributed by atoms with van der Waals surface area (Å²) in [4.78, 5) is 11.2. The van der Waals surface area contributed by atoms with E-state index in [0.29, 0.717) is 0 Å². The van der Waals surface area contributed by atoms with Crippen molar-refractivity contribution in [2.75, 3.05) is 0 Å². The van der Waals surface area contributed by atoms with Gasteiger partial charge in [-0.1, -0.05) is 6.58 Å². The molecule has 3 nitrogen and oxygen atoms in total. The second kappa shape index (κ2) is 7.79. The first-order valence-electron chi connectivity index (χ1n) is 8.01. The van der Waals surface area contributed by atoms with E-state index in [4.69, 9.17) is 0 Å². The number of alkyl halides is 12. The average Bonchev–Trinajstić information content (AvgIpc) is 2.54. The second-order valence-electron chi connectivity index (χ2n) is 6.67. The first kappa shape index (κ1) is 26.4. The van der Waals surface area contributed by atoms with E-state index in [1.807, 2.05) is 0 Å². The minimum Gasteiger partial charge on any atom is -0.436 e. The Hall–Kier alpha value is -1.67. The Balaban J connectivity index is 3.38. The predicted octanol–water partition coefficient (Wildman–Crippen LogP) is 5.24. The van der Waals surface area contributed by atoms with Gasteiger partial charge in [0.05, 0.1) is 0 Å². The van der Waals surface area contributed by atoms with Gasteiger partial charge in [-0.15, -0.1) is 0 Å². The number of ether oxygens (including phenoxy) is 1. The van der Waals surface area contributed by atoms with Crippen molar-refractivity contribution in [1.29, 1.82) is 0 Å². The largest absolute Gasteiger partial charge is 0.437 e. The smallest absolute Gasteiger partial charge is 0.436 e. The van der Waals surface area contributed by atoms with Gasteiger partial charge in [-0.3, -0.25) is 0 Å². The Labute approximate surface area is 160 Å². The number of hydrogen-bond donors (Lipinski definition) is 1. The molecule has 0 bridgehead atoms. The molecule has 0 saturated heterocycles. The van der Waals surface area contributed by atoms with E-state index in [9.17, 15) is 62.6 Å². The Kier molecular flexibility index (Phi) is 6.84. The first-order chi connectivity index (χ1) is 13.2. The highest BCUT2D eigenvalue weighted by Gasteiger charge is 2.79. The van der Waals surface area contributed by atoms with E-state index in [0.717, 1.165) is 0 Å². The molecule has 1 rings (SSSR count). The van der Waals surface area contributed by atoms with Crippen molar-refractivity contribution in [2.45, 2.75) is 61.6 Å². The zero-order valence-corrected chi connectivity index (χ0v) is 14.6. The summed E-state index contributed by atoms with van der Waals surface area (Å²) < 4.78 is 162. The quantitative estimate of drug-likeness (QED) is 0.347. The topological polar surface area (TPSA) is 46.5 Å². The van der Waals surface area contributed by atoms with Crippen molar-refractivity contribution in [3.8, 4) is 0 Å². The molecule has 0 amide bonds. The molecular formula is C15H14F12O3. The van der Waals surface area contributed by atoms with Gasteiger partial charge in [-0.05, 0) is 25.7 Å². The number of hydrogen-bond acceptors (Lipinski definition) is 3.